The molecule has 24 heavy (non-hydrogen) atoms. The van der Waals surface area contributed by atoms with E-state index < -0.39 is 6.04 Å². The van der Waals surface area contributed by atoms with Gasteiger partial charge < -0.3 is 15.8 Å². The molecule has 7 heteroatoms. The molecule has 0 aliphatic heterocycles. The summed E-state index contributed by atoms with van der Waals surface area (Å²) in [4.78, 5) is 4.39. The van der Waals surface area contributed by atoms with Crippen molar-refractivity contribution in [3.63, 3.8) is 0 Å². The van der Waals surface area contributed by atoms with Crippen LogP contribution in [0.1, 0.15) is 23.3 Å². The highest BCUT2D eigenvalue weighted by atomic mass is 19.1. The molecule has 0 fully saturated rings. The molecule has 124 valence electrons. The topological polar surface area (TPSA) is 88.8 Å². The van der Waals surface area contributed by atoms with Gasteiger partial charge in [0.2, 0.25) is 0 Å². The predicted octanol–water partition coefficient (Wildman–Crippen LogP) is 2.61. The SMILES string of the molecule is COc1cccc(NCc2nc([C@H](N)c3ccc(F)cc3)n[nH]2)c1. The molecule has 0 amide bonds. The van der Waals surface area contributed by atoms with Crippen LogP contribution in [0.4, 0.5) is 10.1 Å². The molecule has 2 aromatic carbocycles. The zero-order valence-corrected chi connectivity index (χ0v) is 13.2. The molecule has 4 N–H and O–H groups in total. The summed E-state index contributed by atoms with van der Waals surface area (Å²) in [6, 6.07) is 13.1. The third kappa shape index (κ3) is 3.69. The van der Waals surface area contributed by atoms with Gasteiger partial charge >= 0.3 is 0 Å². The molecule has 1 heterocycles. The number of rotatable bonds is 6. The third-order valence-electron chi connectivity index (χ3n) is 3.59. The second-order valence-corrected chi connectivity index (χ2v) is 5.26. The van der Waals surface area contributed by atoms with Crippen molar-refractivity contribution in [2.75, 3.05) is 12.4 Å². The van der Waals surface area contributed by atoms with E-state index in [1.165, 1.54) is 12.1 Å². The highest BCUT2D eigenvalue weighted by Crippen LogP contribution is 2.18. The average Bonchev–Trinajstić information content (AvgIpc) is 3.09. The van der Waals surface area contributed by atoms with Crippen molar-refractivity contribution in [2.45, 2.75) is 12.6 Å². The summed E-state index contributed by atoms with van der Waals surface area (Å²) in [6.07, 6.45) is 0. The molecule has 0 radical (unpaired) electrons. The molecule has 3 rings (SSSR count). The number of halogens is 1. The molecular weight excluding hydrogens is 309 g/mol. The van der Waals surface area contributed by atoms with Gasteiger partial charge in [-0.2, -0.15) is 5.10 Å². The van der Waals surface area contributed by atoms with Gasteiger partial charge in [0.1, 0.15) is 17.4 Å². The van der Waals surface area contributed by atoms with Crippen LogP contribution in [0.25, 0.3) is 0 Å². The van der Waals surface area contributed by atoms with E-state index in [1.807, 2.05) is 24.3 Å². The summed E-state index contributed by atoms with van der Waals surface area (Å²) in [5, 5.41) is 10.2. The number of anilines is 1. The average molecular weight is 327 g/mol. The Balaban J connectivity index is 1.65. The first-order valence-electron chi connectivity index (χ1n) is 7.46. The number of methoxy groups -OCH3 is 1. The van der Waals surface area contributed by atoms with Gasteiger partial charge in [-0.05, 0) is 29.8 Å². The van der Waals surface area contributed by atoms with Gasteiger partial charge in [0.05, 0.1) is 19.7 Å². The Labute approximate surface area is 138 Å². The third-order valence-corrected chi connectivity index (χ3v) is 3.59. The maximum atomic E-state index is 13.0. The maximum Gasteiger partial charge on any atom is 0.171 e. The monoisotopic (exact) mass is 327 g/mol. The number of nitrogens with two attached hydrogens (primary N) is 1. The van der Waals surface area contributed by atoms with Crippen LogP contribution in [0.3, 0.4) is 0 Å². The van der Waals surface area contributed by atoms with E-state index in [0.717, 1.165) is 17.0 Å². The molecule has 6 nitrogen and oxygen atoms in total. The standard InChI is InChI=1S/C17H18FN5O/c1-24-14-4-2-3-13(9-14)20-10-15-21-17(23-22-15)16(19)11-5-7-12(18)8-6-11/h2-9,16,20H,10,19H2,1H3,(H,21,22,23)/t16-/m1/s1. The van der Waals surface area contributed by atoms with Crippen molar-refractivity contribution in [1.82, 2.24) is 15.2 Å². The normalized spacial score (nSPS) is 12.0. The van der Waals surface area contributed by atoms with Crippen LogP contribution in [-0.4, -0.2) is 22.3 Å². The number of H-pyrrole nitrogens is 1. The lowest BCUT2D eigenvalue weighted by Crippen LogP contribution is -2.13. The van der Waals surface area contributed by atoms with Gasteiger partial charge in [-0.1, -0.05) is 18.2 Å². The summed E-state index contributed by atoms with van der Waals surface area (Å²) < 4.78 is 18.2. The van der Waals surface area contributed by atoms with Crippen LogP contribution in [0.15, 0.2) is 48.5 Å². The number of hydrogen-bond acceptors (Lipinski definition) is 5. The Hall–Kier alpha value is -2.93. The van der Waals surface area contributed by atoms with Crippen molar-refractivity contribution in [2.24, 2.45) is 5.73 Å². The fraction of sp³-hybridized carbons (Fsp3) is 0.176. The predicted molar refractivity (Wildman–Crippen MR) is 89.1 cm³/mol. The molecule has 0 aliphatic carbocycles. The molecule has 0 saturated heterocycles. The van der Waals surface area contributed by atoms with Crippen molar-refractivity contribution in [3.8, 4) is 5.75 Å². The first-order valence-corrected chi connectivity index (χ1v) is 7.46. The number of hydrogen-bond donors (Lipinski definition) is 3. The zero-order chi connectivity index (χ0) is 16.9. The van der Waals surface area contributed by atoms with Crippen LogP contribution in [0, 0.1) is 5.82 Å². The molecule has 0 spiro atoms. The molecule has 1 atom stereocenters. The van der Waals surface area contributed by atoms with E-state index in [-0.39, 0.29) is 5.82 Å². The number of nitrogens with one attached hydrogen (secondary N) is 2. The summed E-state index contributed by atoms with van der Waals surface area (Å²) in [5.41, 5.74) is 7.79. The Morgan fingerprint density at radius 2 is 2.04 bits per heavy atom. The lowest BCUT2D eigenvalue weighted by molar-refractivity contribution is 0.415. The molecule has 0 unspecified atom stereocenters. The molecule has 1 aromatic heterocycles. The lowest BCUT2D eigenvalue weighted by Gasteiger charge is -2.07. The van der Waals surface area contributed by atoms with Crippen molar-refractivity contribution >= 4 is 5.69 Å². The fourth-order valence-corrected chi connectivity index (χ4v) is 2.27. The smallest absolute Gasteiger partial charge is 0.171 e. The molecule has 0 aliphatic rings. The van der Waals surface area contributed by atoms with Gasteiger partial charge in [-0.3, -0.25) is 5.10 Å². The van der Waals surface area contributed by atoms with E-state index in [4.69, 9.17) is 10.5 Å². The van der Waals surface area contributed by atoms with E-state index in [0.29, 0.717) is 18.2 Å². The number of nitrogens with zero attached hydrogens (tertiary/aromatic N) is 2. The van der Waals surface area contributed by atoms with Crippen LogP contribution >= 0.6 is 0 Å². The van der Waals surface area contributed by atoms with Crippen LogP contribution in [0.2, 0.25) is 0 Å². The summed E-state index contributed by atoms with van der Waals surface area (Å²) in [6.45, 7) is 0.469. The summed E-state index contributed by atoms with van der Waals surface area (Å²) in [5.74, 6) is 1.59. The first kappa shape index (κ1) is 15.9. The Bertz CT molecular complexity index is 803. The van der Waals surface area contributed by atoms with Gasteiger partial charge in [0.25, 0.3) is 0 Å². The zero-order valence-electron chi connectivity index (χ0n) is 13.2. The van der Waals surface area contributed by atoms with E-state index in [9.17, 15) is 4.39 Å². The minimum Gasteiger partial charge on any atom is -0.497 e. The van der Waals surface area contributed by atoms with E-state index in [2.05, 4.69) is 20.5 Å². The second-order valence-electron chi connectivity index (χ2n) is 5.26. The van der Waals surface area contributed by atoms with Crippen LogP contribution < -0.4 is 15.8 Å². The Morgan fingerprint density at radius 1 is 1.25 bits per heavy atom. The van der Waals surface area contributed by atoms with Crippen LogP contribution in [0.5, 0.6) is 5.75 Å². The molecule has 0 bridgehead atoms. The highest BCUT2D eigenvalue weighted by molar-refractivity contribution is 5.48. The van der Waals surface area contributed by atoms with E-state index >= 15 is 0 Å². The number of aromatic amines is 1. The Kier molecular flexibility index (Phi) is 4.72. The molecule has 0 saturated carbocycles. The van der Waals surface area contributed by atoms with Gasteiger partial charge in [-0.15, -0.1) is 0 Å². The minimum atomic E-state index is -0.507. The second kappa shape index (κ2) is 7.10. The minimum absolute atomic E-state index is 0.302. The fourth-order valence-electron chi connectivity index (χ4n) is 2.27. The number of aromatic nitrogens is 3. The van der Waals surface area contributed by atoms with Gasteiger partial charge in [0.15, 0.2) is 5.82 Å². The number of benzene rings is 2. The van der Waals surface area contributed by atoms with Crippen molar-refractivity contribution < 1.29 is 9.13 Å². The Morgan fingerprint density at radius 3 is 2.79 bits per heavy atom. The van der Waals surface area contributed by atoms with Gasteiger partial charge in [-0.25, -0.2) is 9.37 Å². The van der Waals surface area contributed by atoms with Crippen molar-refractivity contribution in [1.29, 1.82) is 0 Å². The lowest BCUT2D eigenvalue weighted by atomic mass is 10.1. The molecule has 3 aromatic rings. The van der Waals surface area contributed by atoms with Crippen molar-refractivity contribution in [3.05, 3.63) is 71.6 Å². The quantitative estimate of drug-likeness (QED) is 0.647. The summed E-state index contributed by atoms with van der Waals surface area (Å²) >= 11 is 0. The largest absolute Gasteiger partial charge is 0.497 e. The van der Waals surface area contributed by atoms with Gasteiger partial charge in [0, 0.05) is 11.8 Å². The summed E-state index contributed by atoms with van der Waals surface area (Å²) in [7, 11) is 1.62. The molecular formula is C17H18FN5O. The number of ether oxygens (including phenoxy) is 1. The maximum absolute atomic E-state index is 13.0. The van der Waals surface area contributed by atoms with Crippen LogP contribution in [-0.2, 0) is 6.54 Å². The first-order chi connectivity index (χ1) is 11.7. The highest BCUT2D eigenvalue weighted by Gasteiger charge is 2.14. The van der Waals surface area contributed by atoms with E-state index in [1.54, 1.807) is 19.2 Å².